The van der Waals surface area contributed by atoms with Gasteiger partial charge in [-0.3, -0.25) is 4.79 Å². The Hall–Kier alpha value is -2.37. The fourth-order valence-corrected chi connectivity index (χ4v) is 2.99. The Labute approximate surface area is 140 Å². The van der Waals surface area contributed by atoms with Crippen molar-refractivity contribution in [1.29, 1.82) is 0 Å². The number of nitrogens with one attached hydrogen (secondary N) is 1. The molecule has 0 atom stereocenters. The van der Waals surface area contributed by atoms with Crippen molar-refractivity contribution in [3.8, 4) is 0 Å². The van der Waals surface area contributed by atoms with Crippen LogP contribution in [-0.2, 0) is 6.54 Å². The highest BCUT2D eigenvalue weighted by atomic mass is 16.4. The van der Waals surface area contributed by atoms with E-state index in [1.165, 1.54) is 0 Å². The van der Waals surface area contributed by atoms with Gasteiger partial charge in [-0.15, -0.1) is 0 Å². The fourth-order valence-electron chi connectivity index (χ4n) is 2.99. The molecule has 1 saturated carbocycles. The number of carbonyl (C=O) groups excluding carboxylic acids is 1. The normalized spacial score (nSPS) is 14.5. The van der Waals surface area contributed by atoms with E-state index in [2.05, 4.69) is 10.4 Å². The molecule has 24 heavy (non-hydrogen) atoms. The summed E-state index contributed by atoms with van der Waals surface area (Å²) in [5.74, 6) is 1.21. The number of anilines is 1. The topological polar surface area (TPSA) is 77.1 Å². The molecule has 3 rings (SSSR count). The van der Waals surface area contributed by atoms with Crippen LogP contribution in [0, 0.1) is 13.8 Å². The maximum atomic E-state index is 12.6. The average Bonchev–Trinajstić information content (AvgIpc) is 2.78. The molecule has 0 spiro atoms. The number of aromatic nitrogens is 2. The van der Waals surface area contributed by atoms with E-state index >= 15 is 0 Å². The first-order chi connectivity index (χ1) is 11.5. The van der Waals surface area contributed by atoms with Crippen LogP contribution in [0.25, 0.3) is 0 Å². The number of carbonyl (C=O) groups is 1. The van der Waals surface area contributed by atoms with Crippen LogP contribution in [0.5, 0.6) is 0 Å². The van der Waals surface area contributed by atoms with E-state index in [4.69, 9.17) is 4.42 Å². The molecule has 2 heterocycles. The van der Waals surface area contributed by atoms with Crippen molar-refractivity contribution >= 4 is 11.7 Å². The van der Waals surface area contributed by atoms with Crippen molar-refractivity contribution in [2.75, 3.05) is 5.32 Å². The second-order valence-corrected chi connectivity index (χ2v) is 6.48. The summed E-state index contributed by atoms with van der Waals surface area (Å²) in [6.45, 7) is 6.41. The summed E-state index contributed by atoms with van der Waals surface area (Å²) in [5, 5.41) is 7.07. The third kappa shape index (κ3) is 3.00. The third-order valence-corrected chi connectivity index (χ3v) is 4.59. The van der Waals surface area contributed by atoms with Crippen molar-refractivity contribution < 1.29 is 9.21 Å². The predicted molar refractivity (Wildman–Crippen MR) is 91.5 cm³/mol. The number of hydrogen-bond acceptors (Lipinski definition) is 4. The molecule has 0 saturated heterocycles. The molecular weight excluding hydrogens is 306 g/mol. The zero-order valence-electron chi connectivity index (χ0n) is 14.4. The van der Waals surface area contributed by atoms with Crippen molar-refractivity contribution in [2.45, 2.75) is 58.9 Å². The monoisotopic (exact) mass is 329 g/mol. The molecule has 2 aromatic heterocycles. The Morgan fingerprint density at radius 1 is 1.38 bits per heavy atom. The van der Waals surface area contributed by atoms with Crippen LogP contribution in [0.4, 0.5) is 5.82 Å². The minimum Gasteiger partial charge on any atom is -0.427 e. The standard InChI is InChI=1S/C18H23N3O3/c1-4-8-21-16(12(3)10-19-21)20-17(22)15-11(2)9-14(24-18(15)23)13-6-5-7-13/h9-10,13H,4-8H2,1-3H3,(H,20,22). The number of amides is 1. The van der Waals surface area contributed by atoms with Gasteiger partial charge in [-0.25, -0.2) is 9.48 Å². The second-order valence-electron chi connectivity index (χ2n) is 6.48. The van der Waals surface area contributed by atoms with Crippen LogP contribution in [0.15, 0.2) is 21.5 Å². The molecule has 0 aliphatic heterocycles. The summed E-state index contributed by atoms with van der Waals surface area (Å²) in [5.41, 5.74) is 1.03. The first-order valence-electron chi connectivity index (χ1n) is 8.49. The van der Waals surface area contributed by atoms with Gasteiger partial charge in [0.1, 0.15) is 17.1 Å². The summed E-state index contributed by atoms with van der Waals surface area (Å²) < 4.78 is 7.15. The molecule has 6 heteroatoms. The molecule has 1 amide bonds. The lowest BCUT2D eigenvalue weighted by Gasteiger charge is -2.24. The Balaban J connectivity index is 1.88. The van der Waals surface area contributed by atoms with Crippen LogP contribution in [0.3, 0.4) is 0 Å². The van der Waals surface area contributed by atoms with Crippen molar-refractivity contribution in [3.63, 3.8) is 0 Å². The lowest BCUT2D eigenvalue weighted by atomic mass is 9.83. The molecular formula is C18H23N3O3. The van der Waals surface area contributed by atoms with Gasteiger partial charge in [0, 0.05) is 18.0 Å². The Bertz CT molecular complexity index is 815. The lowest BCUT2D eigenvalue weighted by Crippen LogP contribution is -2.25. The van der Waals surface area contributed by atoms with Gasteiger partial charge in [-0.1, -0.05) is 13.3 Å². The zero-order chi connectivity index (χ0) is 17.3. The van der Waals surface area contributed by atoms with E-state index in [-0.39, 0.29) is 5.56 Å². The van der Waals surface area contributed by atoms with Gasteiger partial charge >= 0.3 is 5.63 Å². The van der Waals surface area contributed by atoms with Gasteiger partial charge < -0.3 is 9.73 Å². The number of hydrogen-bond donors (Lipinski definition) is 1. The van der Waals surface area contributed by atoms with Crippen molar-refractivity contribution in [3.05, 3.63) is 45.1 Å². The number of nitrogens with zero attached hydrogens (tertiary/aromatic N) is 2. The van der Waals surface area contributed by atoms with Gasteiger partial charge in [-0.2, -0.15) is 5.10 Å². The molecule has 2 aromatic rings. The van der Waals surface area contributed by atoms with Crippen LogP contribution < -0.4 is 10.9 Å². The molecule has 1 N–H and O–H groups in total. The maximum absolute atomic E-state index is 12.6. The Morgan fingerprint density at radius 2 is 2.12 bits per heavy atom. The van der Waals surface area contributed by atoms with Crippen molar-refractivity contribution in [1.82, 2.24) is 9.78 Å². The highest BCUT2D eigenvalue weighted by molar-refractivity contribution is 6.04. The SMILES string of the molecule is CCCn1ncc(C)c1NC(=O)c1c(C)cc(C2CCC2)oc1=O. The third-order valence-electron chi connectivity index (χ3n) is 4.59. The highest BCUT2D eigenvalue weighted by Crippen LogP contribution is 2.36. The minimum absolute atomic E-state index is 0.0710. The first-order valence-corrected chi connectivity index (χ1v) is 8.49. The molecule has 1 aliphatic rings. The smallest absolute Gasteiger partial charge is 0.349 e. The Morgan fingerprint density at radius 3 is 2.71 bits per heavy atom. The molecule has 6 nitrogen and oxygen atoms in total. The summed E-state index contributed by atoms with van der Waals surface area (Å²) >= 11 is 0. The van der Waals surface area contributed by atoms with E-state index in [0.717, 1.165) is 31.2 Å². The number of rotatable bonds is 5. The van der Waals surface area contributed by atoms with E-state index in [1.807, 2.05) is 19.9 Å². The Kier molecular flexibility index (Phi) is 4.55. The van der Waals surface area contributed by atoms with Crippen LogP contribution >= 0.6 is 0 Å². The van der Waals surface area contributed by atoms with Crippen LogP contribution in [-0.4, -0.2) is 15.7 Å². The van der Waals surface area contributed by atoms with Crippen molar-refractivity contribution in [2.24, 2.45) is 0 Å². The molecule has 1 fully saturated rings. The summed E-state index contributed by atoms with van der Waals surface area (Å²) in [4.78, 5) is 24.9. The van der Waals surface area contributed by atoms with Crippen LogP contribution in [0.1, 0.15) is 65.8 Å². The molecule has 128 valence electrons. The zero-order valence-corrected chi connectivity index (χ0v) is 14.4. The van der Waals surface area contributed by atoms with Gasteiger partial charge in [0.2, 0.25) is 0 Å². The van der Waals surface area contributed by atoms with Gasteiger partial charge in [0.05, 0.1) is 6.20 Å². The summed E-state index contributed by atoms with van der Waals surface area (Å²) in [6.07, 6.45) is 5.87. The summed E-state index contributed by atoms with van der Waals surface area (Å²) in [7, 11) is 0. The largest absolute Gasteiger partial charge is 0.427 e. The minimum atomic E-state index is -0.561. The van der Waals surface area contributed by atoms with Gasteiger partial charge in [0.15, 0.2) is 0 Å². The number of aryl methyl sites for hydroxylation is 3. The van der Waals surface area contributed by atoms with Crippen LogP contribution in [0.2, 0.25) is 0 Å². The second kappa shape index (κ2) is 6.63. The maximum Gasteiger partial charge on any atom is 0.349 e. The quantitative estimate of drug-likeness (QED) is 0.912. The van der Waals surface area contributed by atoms with E-state index in [9.17, 15) is 9.59 Å². The average molecular weight is 329 g/mol. The fraction of sp³-hybridized carbons (Fsp3) is 0.500. The summed E-state index contributed by atoms with van der Waals surface area (Å²) in [6, 6.07) is 1.83. The van der Waals surface area contributed by atoms with Gasteiger partial charge in [-0.05, 0) is 44.7 Å². The highest BCUT2D eigenvalue weighted by Gasteiger charge is 2.25. The van der Waals surface area contributed by atoms with E-state index < -0.39 is 11.5 Å². The molecule has 0 bridgehead atoms. The molecule has 0 radical (unpaired) electrons. The lowest BCUT2D eigenvalue weighted by molar-refractivity contribution is 0.102. The first kappa shape index (κ1) is 16.5. The molecule has 1 aliphatic carbocycles. The molecule has 0 unspecified atom stereocenters. The molecule has 0 aromatic carbocycles. The predicted octanol–water partition coefficient (Wildman–Crippen LogP) is 3.38. The van der Waals surface area contributed by atoms with E-state index in [1.54, 1.807) is 17.8 Å². The van der Waals surface area contributed by atoms with Gasteiger partial charge in [0.25, 0.3) is 5.91 Å². The van der Waals surface area contributed by atoms with E-state index in [0.29, 0.717) is 29.6 Å².